The van der Waals surface area contributed by atoms with Gasteiger partial charge in [0.05, 0.1) is 10.4 Å². The van der Waals surface area contributed by atoms with E-state index in [0.29, 0.717) is 21.4 Å². The molecule has 2 aromatic rings. The SMILES string of the molecule is CNC(=O)c1c(NC(=O)c2cccs2)sc2c1CC[C@@H](C(C)(C)C)C2. The quantitative estimate of drug-likeness (QED) is 0.824. The molecule has 2 heterocycles. The molecular weight excluding hydrogens is 352 g/mol. The fourth-order valence-corrected chi connectivity index (χ4v) is 5.29. The van der Waals surface area contributed by atoms with Gasteiger partial charge in [-0.25, -0.2) is 0 Å². The number of fused-ring (bicyclic) bond motifs is 1. The summed E-state index contributed by atoms with van der Waals surface area (Å²) in [6.07, 6.45) is 2.95. The average molecular weight is 377 g/mol. The molecule has 0 spiro atoms. The predicted molar refractivity (Wildman–Crippen MR) is 105 cm³/mol. The molecule has 2 N–H and O–H groups in total. The van der Waals surface area contributed by atoms with Crippen LogP contribution in [0.25, 0.3) is 0 Å². The highest BCUT2D eigenvalue weighted by Crippen LogP contribution is 2.44. The van der Waals surface area contributed by atoms with Crippen LogP contribution in [0, 0.1) is 11.3 Å². The van der Waals surface area contributed by atoms with E-state index in [-0.39, 0.29) is 17.2 Å². The Balaban J connectivity index is 1.94. The lowest BCUT2D eigenvalue weighted by Gasteiger charge is -2.33. The summed E-state index contributed by atoms with van der Waals surface area (Å²) in [6.45, 7) is 6.82. The Kier molecular flexibility index (Phi) is 5.02. The zero-order valence-corrected chi connectivity index (χ0v) is 16.7. The largest absolute Gasteiger partial charge is 0.355 e. The number of rotatable bonds is 3. The van der Waals surface area contributed by atoms with E-state index >= 15 is 0 Å². The molecule has 1 aliphatic carbocycles. The maximum absolute atomic E-state index is 12.5. The lowest BCUT2D eigenvalue weighted by molar-refractivity contribution is 0.0963. The fourth-order valence-electron chi connectivity index (χ4n) is 3.35. The Labute approximate surface area is 156 Å². The Bertz CT molecular complexity index is 785. The smallest absolute Gasteiger partial charge is 0.266 e. The molecule has 2 amide bonds. The van der Waals surface area contributed by atoms with Gasteiger partial charge in [-0.15, -0.1) is 22.7 Å². The van der Waals surface area contributed by atoms with Crippen molar-refractivity contribution in [2.45, 2.75) is 40.0 Å². The summed E-state index contributed by atoms with van der Waals surface area (Å²) < 4.78 is 0. The Hall–Kier alpha value is -1.66. The van der Waals surface area contributed by atoms with Gasteiger partial charge in [0.25, 0.3) is 11.8 Å². The third-order valence-electron chi connectivity index (χ3n) is 4.92. The third-order valence-corrected chi connectivity index (χ3v) is 6.95. The topological polar surface area (TPSA) is 58.2 Å². The summed E-state index contributed by atoms with van der Waals surface area (Å²) in [6, 6.07) is 3.65. The molecule has 0 saturated carbocycles. The molecule has 134 valence electrons. The zero-order valence-electron chi connectivity index (χ0n) is 15.1. The summed E-state index contributed by atoms with van der Waals surface area (Å²) in [5, 5.41) is 8.25. The van der Waals surface area contributed by atoms with Crippen molar-refractivity contribution < 1.29 is 9.59 Å². The molecule has 2 aromatic heterocycles. The van der Waals surface area contributed by atoms with Gasteiger partial charge in [0.1, 0.15) is 5.00 Å². The number of carbonyl (C=O) groups excluding carboxylic acids is 2. The van der Waals surface area contributed by atoms with Gasteiger partial charge < -0.3 is 10.6 Å². The van der Waals surface area contributed by atoms with Crippen molar-refractivity contribution in [3.8, 4) is 0 Å². The zero-order chi connectivity index (χ0) is 18.2. The second-order valence-electron chi connectivity index (χ2n) is 7.52. The minimum absolute atomic E-state index is 0.117. The van der Waals surface area contributed by atoms with E-state index in [2.05, 4.69) is 31.4 Å². The van der Waals surface area contributed by atoms with E-state index in [1.165, 1.54) is 16.2 Å². The molecule has 0 bridgehead atoms. The van der Waals surface area contributed by atoms with Crippen LogP contribution in [0.15, 0.2) is 17.5 Å². The normalized spacial score (nSPS) is 17.0. The standard InChI is InChI=1S/C19H24N2O2S2/c1-19(2,3)11-7-8-12-14(10-11)25-18(15(12)17(23)20-4)21-16(22)13-6-5-9-24-13/h5-6,9,11H,7-8,10H2,1-4H3,(H,20,23)(H,21,22)/t11-/m1/s1. The molecule has 6 heteroatoms. The number of thiophene rings is 2. The molecule has 4 nitrogen and oxygen atoms in total. The van der Waals surface area contributed by atoms with Crippen molar-refractivity contribution in [3.05, 3.63) is 38.4 Å². The lowest BCUT2D eigenvalue weighted by Crippen LogP contribution is -2.27. The number of carbonyl (C=O) groups is 2. The van der Waals surface area contributed by atoms with Gasteiger partial charge in [-0.3, -0.25) is 9.59 Å². The lowest BCUT2D eigenvalue weighted by atomic mass is 9.72. The highest BCUT2D eigenvalue weighted by Gasteiger charge is 2.33. The van der Waals surface area contributed by atoms with Crippen molar-refractivity contribution in [2.75, 3.05) is 12.4 Å². The number of anilines is 1. The summed E-state index contributed by atoms with van der Waals surface area (Å²) in [4.78, 5) is 26.8. The second-order valence-corrected chi connectivity index (χ2v) is 9.58. The third kappa shape index (κ3) is 3.65. The number of nitrogens with one attached hydrogen (secondary N) is 2. The summed E-state index contributed by atoms with van der Waals surface area (Å²) in [5.41, 5.74) is 2.01. The van der Waals surface area contributed by atoms with Crippen molar-refractivity contribution in [1.82, 2.24) is 5.32 Å². The molecule has 0 saturated heterocycles. The van der Waals surface area contributed by atoms with Crippen molar-refractivity contribution in [2.24, 2.45) is 11.3 Å². The highest BCUT2D eigenvalue weighted by molar-refractivity contribution is 7.17. The van der Waals surface area contributed by atoms with E-state index in [4.69, 9.17) is 0 Å². The van der Waals surface area contributed by atoms with Gasteiger partial charge >= 0.3 is 0 Å². The monoisotopic (exact) mass is 376 g/mol. The second kappa shape index (κ2) is 6.92. The molecule has 0 aliphatic heterocycles. The van der Waals surface area contributed by atoms with Crippen LogP contribution in [0.2, 0.25) is 0 Å². The van der Waals surface area contributed by atoms with E-state index < -0.39 is 0 Å². The van der Waals surface area contributed by atoms with E-state index in [1.807, 2.05) is 11.4 Å². The first-order chi connectivity index (χ1) is 11.8. The first kappa shape index (κ1) is 18.1. The van der Waals surface area contributed by atoms with E-state index in [0.717, 1.165) is 24.8 Å². The molecule has 1 aliphatic rings. The molecule has 0 radical (unpaired) electrons. The van der Waals surface area contributed by atoms with Crippen LogP contribution in [0.5, 0.6) is 0 Å². The predicted octanol–water partition coefficient (Wildman–Crippen LogP) is 4.57. The molecule has 1 atom stereocenters. The van der Waals surface area contributed by atoms with E-state index in [1.54, 1.807) is 24.5 Å². The van der Waals surface area contributed by atoms with Crippen LogP contribution in [0.4, 0.5) is 5.00 Å². The summed E-state index contributed by atoms with van der Waals surface area (Å²) in [5.74, 6) is 0.330. The first-order valence-corrected chi connectivity index (χ1v) is 10.2. The van der Waals surface area contributed by atoms with Gasteiger partial charge in [-0.05, 0) is 47.6 Å². The van der Waals surface area contributed by atoms with Crippen LogP contribution in [0.1, 0.15) is 57.7 Å². The van der Waals surface area contributed by atoms with Gasteiger partial charge in [0.2, 0.25) is 0 Å². The van der Waals surface area contributed by atoms with Crippen molar-refractivity contribution in [3.63, 3.8) is 0 Å². The van der Waals surface area contributed by atoms with Crippen LogP contribution in [0.3, 0.4) is 0 Å². The number of amides is 2. The maximum Gasteiger partial charge on any atom is 0.266 e. The Morgan fingerprint density at radius 2 is 2.00 bits per heavy atom. The molecule has 0 unspecified atom stereocenters. The molecule has 0 aromatic carbocycles. The van der Waals surface area contributed by atoms with Crippen LogP contribution < -0.4 is 10.6 Å². The molecule has 0 fully saturated rings. The highest BCUT2D eigenvalue weighted by atomic mass is 32.1. The van der Waals surface area contributed by atoms with Crippen LogP contribution in [-0.2, 0) is 12.8 Å². The van der Waals surface area contributed by atoms with Gasteiger partial charge in [-0.1, -0.05) is 26.8 Å². The van der Waals surface area contributed by atoms with Gasteiger partial charge in [0, 0.05) is 11.9 Å². The van der Waals surface area contributed by atoms with Gasteiger partial charge in [-0.2, -0.15) is 0 Å². The molecule has 25 heavy (non-hydrogen) atoms. The van der Waals surface area contributed by atoms with Crippen LogP contribution in [-0.4, -0.2) is 18.9 Å². The summed E-state index contributed by atoms with van der Waals surface area (Å²) in [7, 11) is 1.64. The van der Waals surface area contributed by atoms with Crippen molar-refractivity contribution >= 4 is 39.5 Å². The average Bonchev–Trinajstić information content (AvgIpc) is 3.20. The first-order valence-electron chi connectivity index (χ1n) is 8.52. The number of hydrogen-bond acceptors (Lipinski definition) is 4. The van der Waals surface area contributed by atoms with Crippen molar-refractivity contribution in [1.29, 1.82) is 0 Å². The Morgan fingerprint density at radius 3 is 2.60 bits per heavy atom. The fraction of sp³-hybridized carbons (Fsp3) is 0.474. The summed E-state index contributed by atoms with van der Waals surface area (Å²) >= 11 is 2.96. The Morgan fingerprint density at radius 1 is 1.24 bits per heavy atom. The minimum atomic E-state index is -0.147. The number of hydrogen-bond donors (Lipinski definition) is 2. The van der Waals surface area contributed by atoms with E-state index in [9.17, 15) is 9.59 Å². The molecular formula is C19H24N2O2S2. The van der Waals surface area contributed by atoms with Gasteiger partial charge in [0.15, 0.2) is 0 Å². The molecule has 3 rings (SSSR count). The van der Waals surface area contributed by atoms with Crippen LogP contribution >= 0.6 is 22.7 Å². The maximum atomic E-state index is 12.5. The minimum Gasteiger partial charge on any atom is -0.355 e.